The summed E-state index contributed by atoms with van der Waals surface area (Å²) in [6, 6.07) is 0. The molecule has 0 bridgehead atoms. The number of ketones is 1. The van der Waals surface area contributed by atoms with Gasteiger partial charge < -0.3 is 5.32 Å². The van der Waals surface area contributed by atoms with Crippen molar-refractivity contribution >= 4 is 5.78 Å². The Morgan fingerprint density at radius 2 is 2.50 bits per heavy atom. The normalized spacial score (nSPS) is 16.6. The number of carbonyl (C=O) groups is 1. The van der Waals surface area contributed by atoms with E-state index in [2.05, 4.69) is 10.4 Å². The van der Waals surface area contributed by atoms with Crippen LogP contribution in [-0.2, 0) is 6.54 Å². The minimum absolute atomic E-state index is 0.219. The molecule has 0 unspecified atom stereocenters. The molecule has 0 amide bonds. The standard InChI is InChI=1S/C10H15N3O/c1-2-13-7-9(6-12-13)10(14)3-8-4-11-5-8/h6-8,11H,2-5H2,1H3. The van der Waals surface area contributed by atoms with Gasteiger partial charge in [-0.1, -0.05) is 0 Å². The number of nitrogens with zero attached hydrogens (tertiary/aromatic N) is 2. The zero-order valence-electron chi connectivity index (χ0n) is 8.36. The molecule has 1 N–H and O–H groups in total. The fourth-order valence-corrected chi connectivity index (χ4v) is 1.55. The largest absolute Gasteiger partial charge is 0.316 e. The van der Waals surface area contributed by atoms with Crippen molar-refractivity contribution in [2.24, 2.45) is 5.92 Å². The van der Waals surface area contributed by atoms with E-state index in [9.17, 15) is 4.79 Å². The Labute approximate surface area is 83.3 Å². The lowest BCUT2D eigenvalue weighted by molar-refractivity contribution is 0.0945. The van der Waals surface area contributed by atoms with Crippen LogP contribution in [0.1, 0.15) is 23.7 Å². The second-order valence-corrected chi connectivity index (χ2v) is 3.74. The van der Waals surface area contributed by atoms with E-state index in [1.54, 1.807) is 10.9 Å². The van der Waals surface area contributed by atoms with Crippen molar-refractivity contribution in [3.05, 3.63) is 18.0 Å². The molecule has 4 heteroatoms. The van der Waals surface area contributed by atoms with E-state index in [0.29, 0.717) is 12.3 Å². The molecule has 76 valence electrons. The summed E-state index contributed by atoms with van der Waals surface area (Å²) in [6.45, 7) is 4.79. The van der Waals surface area contributed by atoms with Crippen LogP contribution < -0.4 is 5.32 Å². The Morgan fingerprint density at radius 1 is 1.71 bits per heavy atom. The van der Waals surface area contributed by atoms with Gasteiger partial charge in [0.2, 0.25) is 0 Å². The summed E-state index contributed by atoms with van der Waals surface area (Å²) in [6.07, 6.45) is 4.15. The van der Waals surface area contributed by atoms with Gasteiger partial charge in [-0.05, 0) is 25.9 Å². The van der Waals surface area contributed by atoms with Crippen LogP contribution in [0.25, 0.3) is 0 Å². The van der Waals surface area contributed by atoms with E-state index in [0.717, 1.165) is 25.2 Å². The van der Waals surface area contributed by atoms with Crippen molar-refractivity contribution in [1.82, 2.24) is 15.1 Å². The molecule has 0 aliphatic carbocycles. The number of nitrogens with one attached hydrogen (secondary N) is 1. The van der Waals surface area contributed by atoms with Gasteiger partial charge in [0.1, 0.15) is 0 Å². The number of aryl methyl sites for hydroxylation is 1. The summed E-state index contributed by atoms with van der Waals surface area (Å²) in [7, 11) is 0. The molecule has 1 aromatic heterocycles. The summed E-state index contributed by atoms with van der Waals surface area (Å²) >= 11 is 0. The van der Waals surface area contributed by atoms with Crippen LogP contribution in [0.3, 0.4) is 0 Å². The highest BCUT2D eigenvalue weighted by molar-refractivity contribution is 5.95. The van der Waals surface area contributed by atoms with Crippen molar-refractivity contribution in [2.75, 3.05) is 13.1 Å². The summed E-state index contributed by atoms with van der Waals surface area (Å²) in [5.74, 6) is 0.753. The Bertz CT molecular complexity index is 328. The van der Waals surface area contributed by atoms with E-state index in [4.69, 9.17) is 0 Å². The molecule has 2 rings (SSSR count). The van der Waals surface area contributed by atoms with Gasteiger partial charge in [0, 0.05) is 19.2 Å². The minimum atomic E-state index is 0.219. The van der Waals surface area contributed by atoms with E-state index in [1.165, 1.54) is 0 Å². The van der Waals surface area contributed by atoms with E-state index < -0.39 is 0 Å². The number of rotatable bonds is 4. The van der Waals surface area contributed by atoms with Gasteiger partial charge in [0.25, 0.3) is 0 Å². The van der Waals surface area contributed by atoms with Crippen molar-refractivity contribution in [3.63, 3.8) is 0 Å². The average molecular weight is 193 g/mol. The van der Waals surface area contributed by atoms with Crippen molar-refractivity contribution in [3.8, 4) is 0 Å². The number of hydrogen-bond acceptors (Lipinski definition) is 3. The van der Waals surface area contributed by atoms with Gasteiger partial charge in [-0.15, -0.1) is 0 Å². The minimum Gasteiger partial charge on any atom is -0.316 e. The lowest BCUT2D eigenvalue weighted by Gasteiger charge is -2.25. The number of carbonyl (C=O) groups excluding carboxylic acids is 1. The highest BCUT2D eigenvalue weighted by Crippen LogP contribution is 2.12. The third kappa shape index (κ3) is 1.85. The maximum absolute atomic E-state index is 11.7. The number of hydrogen-bond donors (Lipinski definition) is 1. The van der Waals surface area contributed by atoms with Crippen LogP contribution >= 0.6 is 0 Å². The zero-order valence-corrected chi connectivity index (χ0v) is 8.36. The first-order chi connectivity index (χ1) is 6.79. The first-order valence-electron chi connectivity index (χ1n) is 5.06. The van der Waals surface area contributed by atoms with E-state index >= 15 is 0 Å². The van der Waals surface area contributed by atoms with Crippen LogP contribution in [-0.4, -0.2) is 28.7 Å². The van der Waals surface area contributed by atoms with Gasteiger partial charge >= 0.3 is 0 Å². The molecule has 0 saturated carbocycles. The molecule has 1 aromatic rings. The molecule has 14 heavy (non-hydrogen) atoms. The molecule has 2 heterocycles. The highest BCUT2D eigenvalue weighted by Gasteiger charge is 2.21. The molecule has 0 spiro atoms. The summed E-state index contributed by atoms with van der Waals surface area (Å²) in [4.78, 5) is 11.7. The Morgan fingerprint density at radius 3 is 3.00 bits per heavy atom. The SMILES string of the molecule is CCn1cc(C(=O)CC2CNC2)cn1. The first-order valence-corrected chi connectivity index (χ1v) is 5.06. The molecular formula is C10H15N3O. The molecule has 0 aromatic carbocycles. The van der Waals surface area contributed by atoms with Gasteiger partial charge in [-0.25, -0.2) is 0 Å². The summed E-state index contributed by atoms with van der Waals surface area (Å²) in [5.41, 5.74) is 0.749. The second-order valence-electron chi connectivity index (χ2n) is 3.74. The van der Waals surface area contributed by atoms with Crippen LogP contribution in [0.15, 0.2) is 12.4 Å². The smallest absolute Gasteiger partial charge is 0.166 e. The predicted octanol–water partition coefficient (Wildman–Crippen LogP) is 0.695. The van der Waals surface area contributed by atoms with Gasteiger partial charge in [0.05, 0.1) is 11.8 Å². The first kappa shape index (κ1) is 9.40. The van der Waals surface area contributed by atoms with Gasteiger partial charge in [-0.2, -0.15) is 5.10 Å². The lowest BCUT2D eigenvalue weighted by Crippen LogP contribution is -2.42. The maximum Gasteiger partial charge on any atom is 0.166 e. The van der Waals surface area contributed by atoms with E-state index in [1.807, 2.05) is 13.1 Å². The molecule has 1 aliphatic heterocycles. The number of Topliss-reactive ketones (excluding diaryl/α,β-unsaturated/α-hetero) is 1. The molecule has 1 saturated heterocycles. The Kier molecular flexibility index (Phi) is 2.63. The van der Waals surface area contributed by atoms with Crippen LogP contribution in [0.5, 0.6) is 0 Å². The topological polar surface area (TPSA) is 46.9 Å². The second kappa shape index (κ2) is 3.92. The van der Waals surface area contributed by atoms with E-state index in [-0.39, 0.29) is 5.78 Å². The van der Waals surface area contributed by atoms with Gasteiger partial charge in [0.15, 0.2) is 5.78 Å². The fourth-order valence-electron chi connectivity index (χ4n) is 1.55. The quantitative estimate of drug-likeness (QED) is 0.716. The van der Waals surface area contributed by atoms with Crippen LogP contribution in [0, 0.1) is 5.92 Å². The maximum atomic E-state index is 11.7. The number of aromatic nitrogens is 2. The predicted molar refractivity (Wildman–Crippen MR) is 53.2 cm³/mol. The molecule has 0 radical (unpaired) electrons. The van der Waals surface area contributed by atoms with Crippen molar-refractivity contribution in [2.45, 2.75) is 19.9 Å². The fraction of sp³-hybridized carbons (Fsp3) is 0.600. The molecule has 0 atom stereocenters. The Balaban J connectivity index is 1.95. The summed E-state index contributed by atoms with van der Waals surface area (Å²) < 4.78 is 1.78. The van der Waals surface area contributed by atoms with Crippen molar-refractivity contribution < 1.29 is 4.79 Å². The summed E-state index contributed by atoms with van der Waals surface area (Å²) in [5, 5.41) is 7.25. The average Bonchev–Trinajstić information content (AvgIpc) is 2.59. The molecule has 1 fully saturated rings. The molecular weight excluding hydrogens is 178 g/mol. The third-order valence-electron chi connectivity index (χ3n) is 2.62. The highest BCUT2D eigenvalue weighted by atomic mass is 16.1. The van der Waals surface area contributed by atoms with Crippen molar-refractivity contribution in [1.29, 1.82) is 0 Å². The molecule has 1 aliphatic rings. The monoisotopic (exact) mass is 193 g/mol. The third-order valence-corrected chi connectivity index (χ3v) is 2.62. The zero-order chi connectivity index (χ0) is 9.97. The van der Waals surface area contributed by atoms with Gasteiger partial charge in [-0.3, -0.25) is 9.48 Å². The molecule has 4 nitrogen and oxygen atoms in total. The lowest BCUT2D eigenvalue weighted by atomic mass is 9.95. The van der Waals surface area contributed by atoms with Crippen LogP contribution in [0.2, 0.25) is 0 Å². The van der Waals surface area contributed by atoms with Crippen LogP contribution in [0.4, 0.5) is 0 Å². The Hall–Kier alpha value is -1.16.